The molecule has 0 fully saturated rings. The number of nitrogens with one attached hydrogen (secondary N) is 1. The van der Waals surface area contributed by atoms with E-state index in [1.54, 1.807) is 30.6 Å². The predicted octanol–water partition coefficient (Wildman–Crippen LogP) is 3.31. The van der Waals surface area contributed by atoms with Crippen molar-refractivity contribution < 1.29 is 4.79 Å². The van der Waals surface area contributed by atoms with Gasteiger partial charge in [0.15, 0.2) is 10.8 Å². The zero-order valence-corrected chi connectivity index (χ0v) is 12.9. The lowest BCUT2D eigenvalue weighted by Crippen LogP contribution is -2.14. The van der Waals surface area contributed by atoms with Crippen molar-refractivity contribution >= 4 is 34.6 Å². The normalized spacial score (nSPS) is 11.1. The van der Waals surface area contributed by atoms with E-state index in [1.165, 1.54) is 0 Å². The molecule has 0 aliphatic rings. The number of amides is 1. The van der Waals surface area contributed by atoms with Gasteiger partial charge in [-0.15, -0.1) is 0 Å². The Bertz CT molecular complexity index is 829. The van der Waals surface area contributed by atoms with Crippen LogP contribution in [0.5, 0.6) is 0 Å². The largest absolute Gasteiger partial charge is 0.313 e. The average molecular weight is 316 g/mol. The van der Waals surface area contributed by atoms with E-state index in [2.05, 4.69) is 20.3 Å². The summed E-state index contributed by atoms with van der Waals surface area (Å²) in [5.41, 5.74) is 1.64. The highest BCUT2D eigenvalue weighted by molar-refractivity contribution is 6.33. The van der Waals surface area contributed by atoms with E-state index in [4.69, 9.17) is 11.6 Å². The third kappa shape index (κ3) is 2.65. The van der Waals surface area contributed by atoms with Gasteiger partial charge in [-0.05, 0) is 26.0 Å². The number of imidazole rings is 1. The number of hydrogen-bond donors (Lipinski definition) is 1. The molecule has 6 nitrogen and oxygen atoms in total. The van der Waals surface area contributed by atoms with Crippen molar-refractivity contribution in [3.05, 3.63) is 47.4 Å². The second-order valence-electron chi connectivity index (χ2n) is 5.08. The van der Waals surface area contributed by atoms with Gasteiger partial charge in [-0.1, -0.05) is 29.8 Å². The van der Waals surface area contributed by atoms with Crippen molar-refractivity contribution in [2.45, 2.75) is 19.9 Å². The van der Waals surface area contributed by atoms with Gasteiger partial charge in [0.05, 0.1) is 6.33 Å². The fraction of sp³-hybridized carbons (Fsp3) is 0.200. The molecule has 0 atom stereocenters. The molecule has 1 aromatic carbocycles. The number of carbonyl (C=O) groups excluding carboxylic acids is 1. The van der Waals surface area contributed by atoms with E-state index >= 15 is 0 Å². The molecule has 2 aromatic heterocycles. The van der Waals surface area contributed by atoms with Crippen molar-refractivity contribution in [1.29, 1.82) is 0 Å². The van der Waals surface area contributed by atoms with E-state index in [0.717, 1.165) is 0 Å². The first kappa shape index (κ1) is 14.5. The van der Waals surface area contributed by atoms with Gasteiger partial charge < -0.3 is 4.57 Å². The van der Waals surface area contributed by atoms with Crippen LogP contribution in [0.1, 0.15) is 30.2 Å². The lowest BCUT2D eigenvalue weighted by molar-refractivity contribution is 0.102. The molecular formula is C15H14ClN5O. The number of hydrogen-bond acceptors (Lipinski definition) is 4. The first-order chi connectivity index (χ1) is 10.6. The molecule has 0 aliphatic heterocycles. The van der Waals surface area contributed by atoms with Crippen molar-refractivity contribution in [3.63, 3.8) is 0 Å². The van der Waals surface area contributed by atoms with Gasteiger partial charge >= 0.3 is 0 Å². The molecule has 1 N–H and O–H groups in total. The highest BCUT2D eigenvalue weighted by Gasteiger charge is 2.15. The topological polar surface area (TPSA) is 72.7 Å². The highest BCUT2D eigenvalue weighted by atomic mass is 35.5. The minimum atomic E-state index is -0.286. The number of rotatable bonds is 3. The standard InChI is InChI=1S/C15H14ClN5O/c1-9(2)21-8-17-11-12(16)18-15(19-13(11)21)20-14(22)10-6-4-3-5-7-10/h3-9H,1-2H3,(H,18,19,20,22). The van der Waals surface area contributed by atoms with Crippen LogP contribution in [0.2, 0.25) is 5.15 Å². The number of carbonyl (C=O) groups is 1. The lowest BCUT2D eigenvalue weighted by Gasteiger charge is -2.08. The number of nitrogens with zero attached hydrogens (tertiary/aromatic N) is 4. The summed E-state index contributed by atoms with van der Waals surface area (Å²) in [4.78, 5) is 24.8. The van der Waals surface area contributed by atoms with Crippen LogP contribution in [0.3, 0.4) is 0 Å². The molecule has 2 heterocycles. The summed E-state index contributed by atoms with van der Waals surface area (Å²) in [6, 6.07) is 9.03. The predicted molar refractivity (Wildman–Crippen MR) is 85.1 cm³/mol. The number of aromatic nitrogens is 4. The maximum absolute atomic E-state index is 12.2. The Hall–Kier alpha value is -2.47. The van der Waals surface area contributed by atoms with Crippen molar-refractivity contribution in [1.82, 2.24) is 19.5 Å². The maximum Gasteiger partial charge on any atom is 0.258 e. The summed E-state index contributed by atoms with van der Waals surface area (Å²) >= 11 is 6.13. The molecule has 0 saturated heterocycles. The summed E-state index contributed by atoms with van der Waals surface area (Å²) in [6.07, 6.45) is 1.67. The summed E-state index contributed by atoms with van der Waals surface area (Å²) in [7, 11) is 0. The molecule has 0 radical (unpaired) electrons. The quantitative estimate of drug-likeness (QED) is 0.753. The van der Waals surface area contributed by atoms with Crippen LogP contribution in [-0.4, -0.2) is 25.4 Å². The number of halogens is 1. The lowest BCUT2D eigenvalue weighted by atomic mass is 10.2. The second-order valence-corrected chi connectivity index (χ2v) is 5.43. The smallest absolute Gasteiger partial charge is 0.258 e. The van der Waals surface area contributed by atoms with E-state index < -0.39 is 0 Å². The Balaban J connectivity index is 1.97. The molecule has 7 heteroatoms. The molecule has 0 saturated carbocycles. The Morgan fingerprint density at radius 1 is 1.23 bits per heavy atom. The van der Waals surface area contributed by atoms with E-state index in [0.29, 0.717) is 16.7 Å². The van der Waals surface area contributed by atoms with Crippen molar-refractivity contribution in [2.24, 2.45) is 0 Å². The Labute approximate surface area is 132 Å². The molecule has 112 valence electrons. The van der Waals surface area contributed by atoms with Crippen LogP contribution in [-0.2, 0) is 0 Å². The van der Waals surface area contributed by atoms with Gasteiger partial charge in [-0.25, -0.2) is 4.98 Å². The van der Waals surface area contributed by atoms with Crippen LogP contribution in [0, 0.1) is 0 Å². The van der Waals surface area contributed by atoms with Gasteiger partial charge in [-0.2, -0.15) is 9.97 Å². The first-order valence-corrected chi connectivity index (χ1v) is 7.20. The molecular weight excluding hydrogens is 302 g/mol. The summed E-state index contributed by atoms with van der Waals surface area (Å²) < 4.78 is 1.88. The minimum Gasteiger partial charge on any atom is -0.313 e. The van der Waals surface area contributed by atoms with Crippen molar-refractivity contribution in [2.75, 3.05) is 5.32 Å². The van der Waals surface area contributed by atoms with Crippen LogP contribution in [0.15, 0.2) is 36.7 Å². The zero-order chi connectivity index (χ0) is 15.7. The van der Waals surface area contributed by atoms with E-state index in [9.17, 15) is 4.79 Å². The fourth-order valence-corrected chi connectivity index (χ4v) is 2.29. The summed E-state index contributed by atoms with van der Waals surface area (Å²) in [5, 5.41) is 2.88. The molecule has 0 bridgehead atoms. The molecule has 3 aromatic rings. The van der Waals surface area contributed by atoms with Crippen LogP contribution in [0.25, 0.3) is 11.2 Å². The van der Waals surface area contributed by atoms with E-state index in [1.807, 2.05) is 24.5 Å². The fourth-order valence-electron chi connectivity index (χ4n) is 2.08. The summed E-state index contributed by atoms with van der Waals surface area (Å²) in [5.74, 6) is -0.125. The Kier molecular flexibility index (Phi) is 3.77. The molecule has 3 rings (SSSR count). The minimum absolute atomic E-state index is 0.161. The molecule has 0 aliphatic carbocycles. The van der Waals surface area contributed by atoms with Gasteiger partial charge in [-0.3, -0.25) is 10.1 Å². The van der Waals surface area contributed by atoms with Gasteiger partial charge in [0.2, 0.25) is 5.95 Å². The Morgan fingerprint density at radius 3 is 2.64 bits per heavy atom. The molecule has 0 spiro atoms. The second kappa shape index (κ2) is 5.73. The van der Waals surface area contributed by atoms with Crippen LogP contribution < -0.4 is 5.32 Å². The number of anilines is 1. The summed E-state index contributed by atoms with van der Waals surface area (Å²) in [6.45, 7) is 4.03. The zero-order valence-electron chi connectivity index (χ0n) is 12.1. The van der Waals surface area contributed by atoms with Crippen molar-refractivity contribution in [3.8, 4) is 0 Å². The number of benzene rings is 1. The van der Waals surface area contributed by atoms with Crippen LogP contribution >= 0.6 is 11.6 Å². The number of fused-ring (bicyclic) bond motifs is 1. The molecule has 1 amide bonds. The average Bonchev–Trinajstić information content (AvgIpc) is 2.92. The molecule has 22 heavy (non-hydrogen) atoms. The SMILES string of the molecule is CC(C)n1cnc2c(Cl)nc(NC(=O)c3ccccc3)nc21. The van der Waals surface area contributed by atoms with Crippen LogP contribution in [0.4, 0.5) is 5.95 Å². The van der Waals surface area contributed by atoms with E-state index in [-0.39, 0.29) is 23.1 Å². The Morgan fingerprint density at radius 2 is 1.95 bits per heavy atom. The third-order valence-electron chi connectivity index (χ3n) is 3.20. The monoisotopic (exact) mass is 315 g/mol. The third-order valence-corrected chi connectivity index (χ3v) is 3.46. The van der Waals surface area contributed by atoms with Gasteiger partial charge in [0.1, 0.15) is 5.52 Å². The molecule has 0 unspecified atom stereocenters. The van der Waals surface area contributed by atoms with Gasteiger partial charge in [0.25, 0.3) is 5.91 Å². The maximum atomic E-state index is 12.2. The van der Waals surface area contributed by atoms with Gasteiger partial charge in [0, 0.05) is 11.6 Å². The highest BCUT2D eigenvalue weighted by Crippen LogP contribution is 2.23. The first-order valence-electron chi connectivity index (χ1n) is 6.82.